The maximum atomic E-state index is 12.7. The van der Waals surface area contributed by atoms with Crippen molar-refractivity contribution < 1.29 is 9.72 Å². The molecule has 27 heavy (non-hydrogen) atoms. The minimum absolute atomic E-state index is 0.0387. The minimum Gasteiger partial charge on any atom is -0.377 e. The topological polar surface area (TPSA) is 87.5 Å². The average molecular weight is 374 g/mol. The van der Waals surface area contributed by atoms with Crippen molar-refractivity contribution in [3.63, 3.8) is 0 Å². The number of benzene rings is 1. The Morgan fingerprint density at radius 2 is 2.07 bits per heavy atom. The monoisotopic (exact) mass is 374 g/mol. The molecular weight excluding hydrogens is 344 g/mol. The SMILES string of the molecule is C[C@@H]1CCC[C@](CNC(=O)c2ccc(NC3CC3)c([N+](=O)[O-])c2)(N(C)C)C1. The Bertz CT molecular complexity index is 717. The van der Waals surface area contributed by atoms with Crippen molar-refractivity contribution in [2.45, 2.75) is 57.0 Å². The van der Waals surface area contributed by atoms with Crippen molar-refractivity contribution in [2.75, 3.05) is 26.0 Å². The number of nitrogens with zero attached hydrogens (tertiary/aromatic N) is 2. The van der Waals surface area contributed by atoms with E-state index in [1.807, 2.05) is 0 Å². The Morgan fingerprint density at radius 3 is 2.67 bits per heavy atom. The molecule has 2 saturated carbocycles. The molecular formula is C20H30N4O3. The van der Waals surface area contributed by atoms with Crippen molar-refractivity contribution in [1.29, 1.82) is 0 Å². The molecule has 0 aromatic heterocycles. The third-order valence-corrected chi connectivity index (χ3v) is 5.99. The second-order valence-electron chi connectivity index (χ2n) is 8.41. The highest BCUT2D eigenvalue weighted by molar-refractivity contribution is 5.95. The van der Waals surface area contributed by atoms with Gasteiger partial charge in [-0.1, -0.05) is 19.8 Å². The van der Waals surface area contributed by atoms with Crippen LogP contribution in [0.2, 0.25) is 0 Å². The molecule has 1 amide bonds. The third-order valence-electron chi connectivity index (χ3n) is 5.99. The Balaban J connectivity index is 1.71. The lowest BCUT2D eigenvalue weighted by Crippen LogP contribution is -2.55. The van der Waals surface area contributed by atoms with Gasteiger partial charge in [0.1, 0.15) is 5.69 Å². The molecule has 2 fully saturated rings. The first-order valence-corrected chi connectivity index (χ1v) is 9.81. The quantitative estimate of drug-likeness (QED) is 0.564. The number of hydrogen-bond donors (Lipinski definition) is 2. The van der Waals surface area contributed by atoms with E-state index in [1.54, 1.807) is 12.1 Å². The van der Waals surface area contributed by atoms with Crippen LogP contribution >= 0.6 is 0 Å². The zero-order chi connectivity index (χ0) is 19.6. The molecule has 148 valence electrons. The molecule has 0 saturated heterocycles. The fourth-order valence-electron chi connectivity index (χ4n) is 4.10. The number of rotatable bonds is 7. The number of hydrogen-bond acceptors (Lipinski definition) is 5. The summed E-state index contributed by atoms with van der Waals surface area (Å²) in [6, 6.07) is 5.01. The van der Waals surface area contributed by atoms with Crippen molar-refractivity contribution >= 4 is 17.3 Å². The Kier molecular flexibility index (Phi) is 5.69. The van der Waals surface area contributed by atoms with E-state index in [9.17, 15) is 14.9 Å². The normalized spacial score (nSPS) is 25.3. The van der Waals surface area contributed by atoms with Crippen LogP contribution in [0, 0.1) is 16.0 Å². The molecule has 7 nitrogen and oxygen atoms in total. The summed E-state index contributed by atoms with van der Waals surface area (Å²) >= 11 is 0. The molecule has 0 unspecified atom stereocenters. The summed E-state index contributed by atoms with van der Waals surface area (Å²) < 4.78 is 0. The molecule has 0 aliphatic heterocycles. The number of nitrogens with one attached hydrogen (secondary N) is 2. The highest BCUT2D eigenvalue weighted by Crippen LogP contribution is 2.35. The van der Waals surface area contributed by atoms with Crippen LogP contribution in [0.1, 0.15) is 55.8 Å². The maximum Gasteiger partial charge on any atom is 0.293 e. The predicted molar refractivity (Wildman–Crippen MR) is 106 cm³/mol. The largest absolute Gasteiger partial charge is 0.377 e. The summed E-state index contributed by atoms with van der Waals surface area (Å²) in [5, 5.41) is 17.6. The Labute approximate surface area is 160 Å². The van der Waals surface area contributed by atoms with E-state index in [2.05, 4.69) is 36.6 Å². The maximum absolute atomic E-state index is 12.7. The molecule has 0 radical (unpaired) electrons. The lowest BCUT2D eigenvalue weighted by atomic mass is 9.75. The Hall–Kier alpha value is -2.15. The van der Waals surface area contributed by atoms with Crippen molar-refractivity contribution in [1.82, 2.24) is 10.2 Å². The van der Waals surface area contributed by atoms with Gasteiger partial charge in [0, 0.05) is 29.8 Å². The first-order chi connectivity index (χ1) is 12.8. The van der Waals surface area contributed by atoms with Gasteiger partial charge in [-0.3, -0.25) is 14.9 Å². The number of amides is 1. The van der Waals surface area contributed by atoms with Gasteiger partial charge in [0.15, 0.2) is 0 Å². The van der Waals surface area contributed by atoms with E-state index < -0.39 is 4.92 Å². The molecule has 1 aromatic carbocycles. The second-order valence-corrected chi connectivity index (χ2v) is 8.41. The lowest BCUT2D eigenvalue weighted by Gasteiger charge is -2.45. The van der Waals surface area contributed by atoms with Crippen LogP contribution in [0.4, 0.5) is 11.4 Å². The fraction of sp³-hybridized carbons (Fsp3) is 0.650. The summed E-state index contributed by atoms with van der Waals surface area (Å²) in [5.74, 6) is 0.377. The second kappa shape index (κ2) is 7.84. The average Bonchev–Trinajstić information content (AvgIpc) is 3.43. The summed E-state index contributed by atoms with van der Waals surface area (Å²) in [7, 11) is 4.13. The molecule has 2 atom stereocenters. The highest BCUT2D eigenvalue weighted by Gasteiger charge is 2.37. The van der Waals surface area contributed by atoms with Gasteiger partial charge in [0.05, 0.1) is 4.92 Å². The van der Waals surface area contributed by atoms with Gasteiger partial charge >= 0.3 is 0 Å². The number of nitro groups is 1. The van der Waals surface area contributed by atoms with Crippen LogP contribution < -0.4 is 10.6 Å². The van der Waals surface area contributed by atoms with E-state index in [0.29, 0.717) is 29.8 Å². The number of carbonyl (C=O) groups is 1. The summed E-state index contributed by atoms with van der Waals surface area (Å²) in [6.45, 7) is 2.81. The predicted octanol–water partition coefficient (Wildman–Crippen LogP) is 3.41. The minimum atomic E-state index is -0.425. The van der Waals surface area contributed by atoms with Crippen molar-refractivity contribution in [3.05, 3.63) is 33.9 Å². The standard InChI is InChI=1S/C20H30N4O3/c1-14-5-4-10-20(12-14,23(2)3)13-21-19(25)15-6-9-17(22-16-7-8-16)18(11-15)24(26)27/h6,9,11,14,16,22H,4-5,7-8,10,12-13H2,1-3H3,(H,21,25)/t14-,20+/m1/s1. The zero-order valence-electron chi connectivity index (χ0n) is 16.5. The highest BCUT2D eigenvalue weighted by atomic mass is 16.6. The molecule has 0 bridgehead atoms. The van der Waals surface area contributed by atoms with Gasteiger partial charge in [-0.15, -0.1) is 0 Å². The van der Waals surface area contributed by atoms with Crippen LogP contribution in [0.15, 0.2) is 18.2 Å². The molecule has 7 heteroatoms. The van der Waals surface area contributed by atoms with E-state index >= 15 is 0 Å². The van der Waals surface area contributed by atoms with Gasteiger partial charge in [-0.25, -0.2) is 0 Å². The van der Waals surface area contributed by atoms with E-state index in [4.69, 9.17) is 0 Å². The molecule has 2 N–H and O–H groups in total. The number of likely N-dealkylation sites (N-methyl/N-ethyl adjacent to an activating group) is 1. The lowest BCUT2D eigenvalue weighted by molar-refractivity contribution is -0.384. The van der Waals surface area contributed by atoms with E-state index in [1.165, 1.54) is 12.5 Å². The summed E-state index contributed by atoms with van der Waals surface area (Å²) in [5.41, 5.74) is 0.737. The van der Waals surface area contributed by atoms with Crippen LogP contribution in [-0.4, -0.2) is 48.0 Å². The zero-order valence-corrected chi connectivity index (χ0v) is 16.5. The molecule has 1 aromatic rings. The molecule has 2 aliphatic carbocycles. The molecule has 0 heterocycles. The van der Waals surface area contributed by atoms with E-state index in [-0.39, 0.29) is 17.1 Å². The number of anilines is 1. The van der Waals surface area contributed by atoms with E-state index in [0.717, 1.165) is 32.1 Å². The van der Waals surface area contributed by atoms with Crippen molar-refractivity contribution in [2.24, 2.45) is 5.92 Å². The van der Waals surface area contributed by atoms with Gasteiger partial charge in [0.2, 0.25) is 0 Å². The van der Waals surface area contributed by atoms with Crippen molar-refractivity contribution in [3.8, 4) is 0 Å². The Morgan fingerprint density at radius 1 is 1.33 bits per heavy atom. The smallest absolute Gasteiger partial charge is 0.293 e. The summed E-state index contributed by atoms with van der Waals surface area (Å²) in [4.78, 5) is 25.9. The van der Waals surface area contributed by atoms with Crippen LogP contribution in [-0.2, 0) is 0 Å². The van der Waals surface area contributed by atoms with Crippen LogP contribution in [0.3, 0.4) is 0 Å². The molecule has 2 aliphatic rings. The van der Waals surface area contributed by atoms with Crippen LogP contribution in [0.25, 0.3) is 0 Å². The molecule has 0 spiro atoms. The van der Waals surface area contributed by atoms with Gasteiger partial charge in [-0.2, -0.15) is 0 Å². The third kappa shape index (κ3) is 4.58. The molecule has 3 rings (SSSR count). The summed E-state index contributed by atoms with van der Waals surface area (Å²) in [6.07, 6.45) is 6.54. The number of carbonyl (C=O) groups excluding carboxylic acids is 1. The van der Waals surface area contributed by atoms with Gasteiger partial charge in [0.25, 0.3) is 11.6 Å². The fourth-order valence-corrected chi connectivity index (χ4v) is 4.10. The van der Waals surface area contributed by atoms with Gasteiger partial charge < -0.3 is 15.5 Å². The van der Waals surface area contributed by atoms with Crippen LogP contribution in [0.5, 0.6) is 0 Å². The van der Waals surface area contributed by atoms with Gasteiger partial charge in [-0.05, 0) is 57.8 Å². The first-order valence-electron chi connectivity index (χ1n) is 9.81. The first kappa shape index (κ1) is 19.6. The number of nitro benzene ring substituents is 1.